The number of rotatable bonds is 7. The minimum absolute atomic E-state index is 0.0520. The third kappa shape index (κ3) is 3.69. The normalized spacial score (nSPS) is 15.9. The Hall–Kier alpha value is -2.15. The lowest BCUT2D eigenvalue weighted by Gasteiger charge is -2.10. The fraction of sp³-hybridized carbons (Fsp3) is 0.500. The van der Waals surface area contributed by atoms with Gasteiger partial charge in [-0.2, -0.15) is 4.98 Å². The van der Waals surface area contributed by atoms with Crippen molar-refractivity contribution in [1.82, 2.24) is 15.5 Å². The van der Waals surface area contributed by atoms with Crippen LogP contribution in [0, 0.1) is 5.92 Å². The summed E-state index contributed by atoms with van der Waals surface area (Å²) in [7, 11) is 0. The van der Waals surface area contributed by atoms with Crippen LogP contribution in [0.25, 0.3) is 11.6 Å². The first kappa shape index (κ1) is 13.8. The van der Waals surface area contributed by atoms with Crippen molar-refractivity contribution in [3.63, 3.8) is 0 Å². The molecule has 1 saturated carbocycles. The predicted octanol–water partition coefficient (Wildman–Crippen LogP) is 1.12. The number of hydrogen-bond donors (Lipinski definition) is 2. The molecule has 1 unspecified atom stereocenters. The molecule has 1 aliphatic carbocycles. The second-order valence-electron chi connectivity index (χ2n) is 5.29. The Morgan fingerprint density at radius 1 is 1.52 bits per heavy atom. The zero-order chi connectivity index (χ0) is 14.7. The van der Waals surface area contributed by atoms with Crippen molar-refractivity contribution in [1.29, 1.82) is 0 Å². The van der Waals surface area contributed by atoms with E-state index in [1.807, 2.05) is 0 Å². The van der Waals surface area contributed by atoms with Gasteiger partial charge in [0.25, 0.3) is 0 Å². The third-order valence-corrected chi connectivity index (χ3v) is 3.54. The molecule has 7 nitrogen and oxygen atoms in total. The Bertz CT molecular complexity index is 589. The highest BCUT2D eigenvalue weighted by Gasteiger charge is 2.28. The summed E-state index contributed by atoms with van der Waals surface area (Å²) in [5.74, 6) is 1.89. The monoisotopic (exact) mass is 290 g/mol. The van der Waals surface area contributed by atoms with Crippen molar-refractivity contribution in [2.75, 3.05) is 6.54 Å². The van der Waals surface area contributed by atoms with Crippen LogP contribution in [0.3, 0.4) is 0 Å². The molecular formula is C14H18N4O3. The lowest BCUT2D eigenvalue weighted by atomic mass is 10.2. The maximum absolute atomic E-state index is 11.7. The average Bonchev–Trinajstić information content (AvgIpc) is 3.01. The van der Waals surface area contributed by atoms with Crippen molar-refractivity contribution in [2.24, 2.45) is 11.7 Å². The summed E-state index contributed by atoms with van der Waals surface area (Å²) in [5, 5.41) is 6.65. The average molecular weight is 290 g/mol. The van der Waals surface area contributed by atoms with E-state index < -0.39 is 0 Å². The number of aromatic nitrogens is 2. The summed E-state index contributed by atoms with van der Waals surface area (Å²) in [6, 6.07) is 3.57. The van der Waals surface area contributed by atoms with Crippen LogP contribution in [-0.4, -0.2) is 28.6 Å². The van der Waals surface area contributed by atoms with E-state index in [9.17, 15) is 4.79 Å². The Balaban J connectivity index is 1.43. The van der Waals surface area contributed by atoms with Crippen molar-refractivity contribution < 1.29 is 13.7 Å². The summed E-state index contributed by atoms with van der Waals surface area (Å²) in [6.07, 6.45) is 4.60. The predicted molar refractivity (Wildman–Crippen MR) is 74.0 cm³/mol. The molecule has 21 heavy (non-hydrogen) atoms. The molecule has 1 amide bonds. The Labute approximate surface area is 121 Å². The molecule has 1 aliphatic rings. The summed E-state index contributed by atoms with van der Waals surface area (Å²) in [6.45, 7) is 0.533. The van der Waals surface area contributed by atoms with E-state index in [2.05, 4.69) is 15.5 Å². The smallest absolute Gasteiger partial charge is 0.238 e. The molecule has 2 aromatic heterocycles. The number of amides is 1. The first-order valence-electron chi connectivity index (χ1n) is 7.11. The van der Waals surface area contributed by atoms with E-state index in [-0.39, 0.29) is 11.9 Å². The minimum Gasteiger partial charge on any atom is -0.461 e. The van der Waals surface area contributed by atoms with Gasteiger partial charge in [0.2, 0.25) is 17.6 Å². The number of furan rings is 1. The van der Waals surface area contributed by atoms with Gasteiger partial charge in [-0.25, -0.2) is 0 Å². The first-order chi connectivity index (χ1) is 10.2. The number of nitrogens with two attached hydrogens (primary N) is 1. The first-order valence-corrected chi connectivity index (χ1v) is 7.11. The van der Waals surface area contributed by atoms with Crippen LogP contribution in [0.2, 0.25) is 0 Å². The van der Waals surface area contributed by atoms with E-state index in [1.54, 1.807) is 18.4 Å². The van der Waals surface area contributed by atoms with Crippen LogP contribution in [0.1, 0.15) is 25.2 Å². The van der Waals surface area contributed by atoms with Gasteiger partial charge in [-0.1, -0.05) is 5.16 Å². The van der Waals surface area contributed by atoms with Gasteiger partial charge in [0, 0.05) is 25.4 Å². The van der Waals surface area contributed by atoms with Crippen LogP contribution >= 0.6 is 0 Å². The van der Waals surface area contributed by atoms with E-state index in [0.29, 0.717) is 42.8 Å². The lowest BCUT2D eigenvalue weighted by molar-refractivity contribution is -0.121. The number of nitrogens with one attached hydrogen (secondary N) is 1. The van der Waals surface area contributed by atoms with Gasteiger partial charge in [0.1, 0.15) is 0 Å². The van der Waals surface area contributed by atoms with Crippen LogP contribution in [0.4, 0.5) is 0 Å². The molecule has 1 fully saturated rings. The SMILES string of the molecule is NC(CNC(=O)CCc1nc(-c2ccco2)no1)C1CC1. The third-order valence-electron chi connectivity index (χ3n) is 3.54. The molecule has 0 spiro atoms. The molecule has 0 aliphatic heterocycles. The second-order valence-corrected chi connectivity index (χ2v) is 5.29. The highest BCUT2D eigenvalue weighted by Crippen LogP contribution is 2.31. The maximum Gasteiger partial charge on any atom is 0.238 e. The molecule has 0 bridgehead atoms. The molecular weight excluding hydrogens is 272 g/mol. The second kappa shape index (κ2) is 6.09. The van der Waals surface area contributed by atoms with Crippen LogP contribution in [0.15, 0.2) is 27.3 Å². The molecule has 3 N–H and O–H groups in total. The number of carbonyl (C=O) groups excluding carboxylic acids is 1. The van der Waals surface area contributed by atoms with Gasteiger partial charge >= 0.3 is 0 Å². The molecule has 3 rings (SSSR count). The molecule has 7 heteroatoms. The maximum atomic E-state index is 11.7. The number of aryl methyl sites for hydroxylation is 1. The number of nitrogens with zero attached hydrogens (tertiary/aromatic N) is 2. The van der Waals surface area contributed by atoms with E-state index in [1.165, 1.54) is 12.8 Å². The fourth-order valence-corrected chi connectivity index (χ4v) is 2.09. The molecule has 0 aromatic carbocycles. The standard InChI is InChI=1S/C14H18N4O3/c15-10(9-3-4-9)8-16-12(19)5-6-13-17-14(18-21-13)11-2-1-7-20-11/h1-2,7,9-10H,3-6,8,15H2,(H,16,19). The lowest BCUT2D eigenvalue weighted by Crippen LogP contribution is -2.38. The van der Waals surface area contributed by atoms with Crippen LogP contribution in [0.5, 0.6) is 0 Å². The van der Waals surface area contributed by atoms with E-state index in [4.69, 9.17) is 14.7 Å². The van der Waals surface area contributed by atoms with Crippen LogP contribution < -0.4 is 11.1 Å². The van der Waals surface area contributed by atoms with E-state index >= 15 is 0 Å². The summed E-state index contributed by atoms with van der Waals surface area (Å²) in [5.41, 5.74) is 5.93. The van der Waals surface area contributed by atoms with Crippen molar-refractivity contribution in [3.05, 3.63) is 24.3 Å². The molecule has 0 radical (unpaired) electrons. The quantitative estimate of drug-likeness (QED) is 0.791. The van der Waals surface area contributed by atoms with Gasteiger partial charge in [0.15, 0.2) is 5.76 Å². The van der Waals surface area contributed by atoms with E-state index in [0.717, 1.165) is 0 Å². The molecule has 2 aromatic rings. The Morgan fingerprint density at radius 3 is 3.10 bits per heavy atom. The zero-order valence-corrected chi connectivity index (χ0v) is 11.6. The van der Waals surface area contributed by atoms with Gasteiger partial charge in [-0.05, 0) is 30.9 Å². The molecule has 1 atom stereocenters. The van der Waals surface area contributed by atoms with Gasteiger partial charge in [-0.15, -0.1) is 0 Å². The fourth-order valence-electron chi connectivity index (χ4n) is 2.09. The van der Waals surface area contributed by atoms with Crippen molar-refractivity contribution >= 4 is 5.91 Å². The van der Waals surface area contributed by atoms with Gasteiger partial charge < -0.3 is 20.0 Å². The van der Waals surface area contributed by atoms with Crippen molar-refractivity contribution in [3.8, 4) is 11.6 Å². The number of carbonyl (C=O) groups is 1. The van der Waals surface area contributed by atoms with Crippen molar-refractivity contribution in [2.45, 2.75) is 31.7 Å². The molecule has 112 valence electrons. The molecule has 0 saturated heterocycles. The largest absolute Gasteiger partial charge is 0.461 e. The van der Waals surface area contributed by atoms with Crippen LogP contribution in [-0.2, 0) is 11.2 Å². The topological polar surface area (TPSA) is 107 Å². The summed E-state index contributed by atoms with van der Waals surface area (Å²) in [4.78, 5) is 15.9. The highest BCUT2D eigenvalue weighted by molar-refractivity contribution is 5.76. The minimum atomic E-state index is -0.0520. The van der Waals surface area contributed by atoms with Gasteiger partial charge in [-0.3, -0.25) is 4.79 Å². The Kier molecular flexibility index (Phi) is 4.01. The van der Waals surface area contributed by atoms with Gasteiger partial charge in [0.05, 0.1) is 6.26 Å². The number of hydrogen-bond acceptors (Lipinski definition) is 6. The molecule has 2 heterocycles. The zero-order valence-electron chi connectivity index (χ0n) is 11.6. The Morgan fingerprint density at radius 2 is 2.38 bits per heavy atom. The summed E-state index contributed by atoms with van der Waals surface area (Å²) >= 11 is 0. The summed E-state index contributed by atoms with van der Waals surface area (Å²) < 4.78 is 10.3. The highest BCUT2D eigenvalue weighted by atomic mass is 16.5.